The first-order valence-electron chi connectivity index (χ1n) is 14.5. The summed E-state index contributed by atoms with van der Waals surface area (Å²) in [6.07, 6.45) is 2.70. The second kappa shape index (κ2) is 14.5. The van der Waals surface area contributed by atoms with Gasteiger partial charge in [0.1, 0.15) is 0 Å². The largest absolute Gasteiger partial charge is 0.294 e. The van der Waals surface area contributed by atoms with Crippen molar-refractivity contribution in [2.75, 3.05) is 0 Å². The Labute approximate surface area is 244 Å². The van der Waals surface area contributed by atoms with Crippen LogP contribution in [0.2, 0.25) is 0 Å². The molecule has 0 fully saturated rings. The summed E-state index contributed by atoms with van der Waals surface area (Å²) in [6.45, 7) is 9.19. The normalized spacial score (nSPS) is 11.5. The Morgan fingerprint density at radius 1 is 0.561 bits per heavy atom. The van der Waals surface area contributed by atoms with Gasteiger partial charge >= 0.3 is 0 Å². The molecule has 0 saturated carbocycles. The van der Waals surface area contributed by atoms with Gasteiger partial charge < -0.3 is 0 Å². The van der Waals surface area contributed by atoms with Gasteiger partial charge in [-0.1, -0.05) is 113 Å². The van der Waals surface area contributed by atoms with Gasteiger partial charge in [0.05, 0.1) is 12.2 Å². The van der Waals surface area contributed by atoms with E-state index in [1.165, 1.54) is 11.1 Å². The van der Waals surface area contributed by atoms with E-state index in [0.29, 0.717) is 31.2 Å². The molecule has 4 rings (SSSR count). The summed E-state index contributed by atoms with van der Waals surface area (Å²) < 4.78 is 0. The Morgan fingerprint density at radius 2 is 1.02 bits per heavy atom. The number of hydrogen-bond acceptors (Lipinski definition) is 4. The molecule has 0 amide bonds. The number of azo groups is 1. The summed E-state index contributed by atoms with van der Waals surface area (Å²) in [4.78, 5) is 25.7. The maximum absolute atomic E-state index is 12.8. The standard InChI is InChI=1S/C37H40N2O2/c1-26(2)19-28-11-15-33(16-12-28)36(40)23-30-7-5-9-32(21-30)25-38-39-35-10-6-8-31(22-35)24-37(41)34-17-13-29(14-18-34)20-27(3)4/h5-18,21-22,26-27H,19-20,23-25H2,1-4H3. The van der Waals surface area contributed by atoms with Gasteiger partial charge in [-0.3, -0.25) is 9.59 Å². The average molecular weight is 545 g/mol. The van der Waals surface area contributed by atoms with E-state index in [1.807, 2.05) is 84.9 Å². The fourth-order valence-corrected chi connectivity index (χ4v) is 4.94. The minimum Gasteiger partial charge on any atom is -0.294 e. The molecule has 4 aromatic rings. The SMILES string of the molecule is CC(C)Cc1ccc(C(=O)Cc2cccc(CN=Nc3cccc(CC(=O)c4ccc(CC(C)C)cc4)c3)c2)cc1. The molecule has 0 radical (unpaired) electrons. The molecule has 0 aliphatic carbocycles. The lowest BCUT2D eigenvalue weighted by molar-refractivity contribution is 0.0984. The van der Waals surface area contributed by atoms with Crippen molar-refractivity contribution >= 4 is 17.3 Å². The molecule has 210 valence electrons. The van der Waals surface area contributed by atoms with E-state index in [9.17, 15) is 9.59 Å². The van der Waals surface area contributed by atoms with Crippen molar-refractivity contribution in [1.29, 1.82) is 0 Å². The van der Waals surface area contributed by atoms with Gasteiger partial charge in [-0.05, 0) is 64.6 Å². The Morgan fingerprint density at radius 3 is 1.54 bits per heavy atom. The lowest BCUT2D eigenvalue weighted by atomic mass is 9.98. The lowest BCUT2D eigenvalue weighted by Gasteiger charge is -2.07. The van der Waals surface area contributed by atoms with Crippen molar-refractivity contribution in [3.63, 3.8) is 0 Å². The zero-order valence-electron chi connectivity index (χ0n) is 24.6. The van der Waals surface area contributed by atoms with Gasteiger partial charge in [0, 0.05) is 24.0 Å². The third-order valence-corrected chi connectivity index (χ3v) is 6.91. The summed E-state index contributed by atoms with van der Waals surface area (Å²) in [5.74, 6) is 1.38. The summed E-state index contributed by atoms with van der Waals surface area (Å²) in [5.41, 5.74) is 7.57. The van der Waals surface area contributed by atoms with E-state index in [1.54, 1.807) is 0 Å². The number of ketones is 2. The van der Waals surface area contributed by atoms with Gasteiger partial charge in [0.25, 0.3) is 0 Å². The van der Waals surface area contributed by atoms with Gasteiger partial charge in [-0.25, -0.2) is 0 Å². The van der Waals surface area contributed by atoms with E-state index in [0.717, 1.165) is 46.3 Å². The van der Waals surface area contributed by atoms with Crippen molar-refractivity contribution < 1.29 is 9.59 Å². The third-order valence-electron chi connectivity index (χ3n) is 6.91. The van der Waals surface area contributed by atoms with Gasteiger partial charge in [0.2, 0.25) is 0 Å². The summed E-state index contributed by atoms with van der Waals surface area (Å²) in [7, 11) is 0. The number of Topliss-reactive ketones (excluding diaryl/α,β-unsaturated/α-hetero) is 2. The first kappa shape index (κ1) is 29.8. The Balaban J connectivity index is 1.32. The predicted molar refractivity (Wildman–Crippen MR) is 167 cm³/mol. The number of hydrogen-bond donors (Lipinski definition) is 0. The molecule has 4 heteroatoms. The van der Waals surface area contributed by atoms with Crippen LogP contribution < -0.4 is 0 Å². The van der Waals surface area contributed by atoms with Crippen molar-refractivity contribution in [1.82, 2.24) is 0 Å². The zero-order valence-corrected chi connectivity index (χ0v) is 24.6. The maximum atomic E-state index is 12.8. The molecule has 0 unspecified atom stereocenters. The lowest BCUT2D eigenvalue weighted by Crippen LogP contribution is -2.04. The molecule has 0 bridgehead atoms. The van der Waals surface area contributed by atoms with Crippen molar-refractivity contribution in [2.45, 2.75) is 59.9 Å². The molecule has 0 N–H and O–H groups in total. The van der Waals surface area contributed by atoms with Crippen LogP contribution in [0.25, 0.3) is 0 Å². The van der Waals surface area contributed by atoms with Gasteiger partial charge in [0.15, 0.2) is 11.6 Å². The molecular weight excluding hydrogens is 504 g/mol. The van der Waals surface area contributed by atoms with Crippen molar-refractivity contribution in [3.8, 4) is 0 Å². The molecule has 0 aromatic heterocycles. The Hall–Kier alpha value is -4.18. The highest BCUT2D eigenvalue weighted by Crippen LogP contribution is 2.19. The predicted octanol–water partition coefficient (Wildman–Crippen LogP) is 9.22. The van der Waals surface area contributed by atoms with E-state index in [2.05, 4.69) is 50.1 Å². The molecule has 0 aliphatic rings. The molecule has 41 heavy (non-hydrogen) atoms. The minimum atomic E-state index is 0.0908. The highest BCUT2D eigenvalue weighted by Gasteiger charge is 2.10. The molecule has 0 aliphatic heterocycles. The van der Waals surface area contributed by atoms with Crippen LogP contribution in [-0.4, -0.2) is 11.6 Å². The molecular formula is C37H40N2O2. The van der Waals surface area contributed by atoms with Crippen LogP contribution in [0.4, 0.5) is 5.69 Å². The fraction of sp³-hybridized carbons (Fsp3) is 0.297. The van der Waals surface area contributed by atoms with Crippen LogP contribution >= 0.6 is 0 Å². The minimum absolute atomic E-state index is 0.0908. The molecule has 4 nitrogen and oxygen atoms in total. The molecule has 0 atom stereocenters. The van der Waals surface area contributed by atoms with Crippen molar-refractivity contribution in [3.05, 3.63) is 136 Å². The quantitative estimate of drug-likeness (QED) is 0.124. The van der Waals surface area contributed by atoms with Crippen LogP contribution in [0.3, 0.4) is 0 Å². The van der Waals surface area contributed by atoms with E-state index < -0.39 is 0 Å². The molecule has 4 aromatic carbocycles. The van der Waals surface area contributed by atoms with E-state index in [4.69, 9.17) is 0 Å². The average Bonchev–Trinajstić information content (AvgIpc) is 2.93. The monoisotopic (exact) mass is 544 g/mol. The van der Waals surface area contributed by atoms with Crippen LogP contribution in [0, 0.1) is 11.8 Å². The highest BCUT2D eigenvalue weighted by atomic mass is 16.1. The smallest absolute Gasteiger partial charge is 0.167 e. The van der Waals surface area contributed by atoms with Gasteiger partial charge in [-0.15, -0.1) is 0 Å². The van der Waals surface area contributed by atoms with E-state index >= 15 is 0 Å². The van der Waals surface area contributed by atoms with Crippen LogP contribution in [0.1, 0.15) is 76.2 Å². The zero-order chi connectivity index (χ0) is 29.2. The number of benzene rings is 4. The second-order valence-electron chi connectivity index (χ2n) is 11.7. The molecule has 0 spiro atoms. The van der Waals surface area contributed by atoms with Crippen LogP contribution in [-0.2, 0) is 32.2 Å². The van der Waals surface area contributed by atoms with E-state index in [-0.39, 0.29) is 11.6 Å². The number of nitrogens with zero attached hydrogens (tertiary/aromatic N) is 2. The summed E-state index contributed by atoms with van der Waals surface area (Å²) in [5, 5.41) is 8.79. The first-order chi connectivity index (χ1) is 19.7. The number of rotatable bonds is 13. The Kier molecular flexibility index (Phi) is 10.5. The fourth-order valence-electron chi connectivity index (χ4n) is 4.94. The molecule has 0 heterocycles. The number of carbonyl (C=O) groups is 2. The maximum Gasteiger partial charge on any atom is 0.167 e. The summed E-state index contributed by atoms with van der Waals surface area (Å²) in [6, 6.07) is 31.5. The highest BCUT2D eigenvalue weighted by molar-refractivity contribution is 5.98. The summed E-state index contributed by atoms with van der Waals surface area (Å²) >= 11 is 0. The van der Waals surface area contributed by atoms with Crippen LogP contribution in [0.5, 0.6) is 0 Å². The van der Waals surface area contributed by atoms with Gasteiger partial charge in [-0.2, -0.15) is 10.2 Å². The topological polar surface area (TPSA) is 58.9 Å². The second-order valence-corrected chi connectivity index (χ2v) is 11.7. The molecule has 0 saturated heterocycles. The Bertz CT molecular complexity index is 1480. The van der Waals surface area contributed by atoms with Crippen molar-refractivity contribution in [2.24, 2.45) is 22.1 Å². The first-order valence-corrected chi connectivity index (χ1v) is 14.5. The van der Waals surface area contributed by atoms with Crippen LogP contribution in [0.15, 0.2) is 107 Å². The third kappa shape index (κ3) is 9.46. The number of carbonyl (C=O) groups excluding carboxylic acids is 2.